The van der Waals surface area contributed by atoms with E-state index in [1.165, 1.54) is 0 Å². The molecule has 2 amide bonds. The zero-order valence-corrected chi connectivity index (χ0v) is 16.6. The fourth-order valence-corrected chi connectivity index (χ4v) is 2.87. The van der Waals surface area contributed by atoms with Crippen molar-refractivity contribution in [2.75, 3.05) is 38.6 Å². The molecule has 1 fully saturated rings. The van der Waals surface area contributed by atoms with Crippen molar-refractivity contribution >= 4 is 17.8 Å². The standard InChI is InChI=1S/C20H25N5O4/c1-24(2)17-10-21-11-18(23-17)29-16-8-9-25(13-16)19(26)12-22-20(27)28-14-15-6-4-3-5-7-15/h3-7,10-11,16H,8-9,12-14H2,1-2H3,(H,22,27). The second-order valence-corrected chi connectivity index (χ2v) is 6.89. The number of nitrogens with zero attached hydrogens (tertiary/aromatic N) is 4. The van der Waals surface area contributed by atoms with Crippen LogP contribution in [0, 0.1) is 0 Å². The normalized spacial score (nSPS) is 15.7. The van der Waals surface area contributed by atoms with Crippen LogP contribution in [0.4, 0.5) is 10.6 Å². The van der Waals surface area contributed by atoms with Gasteiger partial charge in [-0.25, -0.2) is 4.79 Å². The molecule has 2 aromatic rings. The van der Waals surface area contributed by atoms with Gasteiger partial charge in [0, 0.05) is 27.1 Å². The summed E-state index contributed by atoms with van der Waals surface area (Å²) < 4.78 is 11.0. The van der Waals surface area contributed by atoms with Crippen LogP contribution in [0.25, 0.3) is 0 Å². The number of aromatic nitrogens is 2. The number of ether oxygens (including phenoxy) is 2. The van der Waals surface area contributed by atoms with Gasteiger partial charge >= 0.3 is 6.09 Å². The SMILES string of the molecule is CN(C)c1cncc(OC2CCN(C(=O)CNC(=O)OCc3ccccc3)C2)n1. The number of rotatable bonds is 7. The lowest BCUT2D eigenvalue weighted by atomic mass is 10.2. The average molecular weight is 399 g/mol. The monoisotopic (exact) mass is 399 g/mol. The highest BCUT2D eigenvalue weighted by atomic mass is 16.5. The summed E-state index contributed by atoms with van der Waals surface area (Å²) in [5.74, 6) is 0.950. The van der Waals surface area contributed by atoms with E-state index in [9.17, 15) is 9.59 Å². The maximum atomic E-state index is 12.3. The van der Waals surface area contributed by atoms with Gasteiger partial charge in [0.25, 0.3) is 0 Å². The maximum Gasteiger partial charge on any atom is 0.407 e. The van der Waals surface area contributed by atoms with Gasteiger partial charge in [0.05, 0.1) is 18.9 Å². The number of carbonyl (C=O) groups is 2. The first-order valence-corrected chi connectivity index (χ1v) is 9.39. The smallest absolute Gasteiger partial charge is 0.407 e. The van der Waals surface area contributed by atoms with Crippen LogP contribution in [-0.4, -0.2) is 66.7 Å². The predicted octanol–water partition coefficient (Wildman–Crippen LogP) is 1.45. The van der Waals surface area contributed by atoms with Crippen LogP contribution in [-0.2, 0) is 16.1 Å². The van der Waals surface area contributed by atoms with E-state index in [2.05, 4.69) is 15.3 Å². The number of carbonyl (C=O) groups excluding carboxylic acids is 2. The van der Waals surface area contributed by atoms with Crippen LogP contribution in [0.15, 0.2) is 42.7 Å². The van der Waals surface area contributed by atoms with Gasteiger partial charge in [0.15, 0.2) is 5.82 Å². The third-order valence-electron chi connectivity index (χ3n) is 4.44. The summed E-state index contributed by atoms with van der Waals surface area (Å²) in [6.45, 7) is 1.04. The zero-order chi connectivity index (χ0) is 20.6. The van der Waals surface area contributed by atoms with Crippen molar-refractivity contribution in [3.05, 3.63) is 48.3 Å². The summed E-state index contributed by atoms with van der Waals surface area (Å²) in [4.78, 5) is 36.1. The Balaban J connectivity index is 1.40. The Bertz CT molecular complexity index is 831. The lowest BCUT2D eigenvalue weighted by molar-refractivity contribution is -0.129. The molecule has 0 aliphatic carbocycles. The molecule has 1 aliphatic rings. The third-order valence-corrected chi connectivity index (χ3v) is 4.44. The van der Waals surface area contributed by atoms with E-state index in [0.29, 0.717) is 31.2 Å². The molecule has 154 valence electrons. The quantitative estimate of drug-likeness (QED) is 0.753. The molecule has 29 heavy (non-hydrogen) atoms. The number of nitrogens with one attached hydrogen (secondary N) is 1. The van der Waals surface area contributed by atoms with Gasteiger partial charge < -0.3 is 24.6 Å². The van der Waals surface area contributed by atoms with E-state index in [4.69, 9.17) is 9.47 Å². The van der Waals surface area contributed by atoms with Gasteiger partial charge in [-0.05, 0) is 5.56 Å². The fraction of sp³-hybridized carbons (Fsp3) is 0.400. The molecule has 2 heterocycles. The molecule has 1 aromatic heterocycles. The second kappa shape index (κ2) is 9.72. The minimum atomic E-state index is -0.620. The van der Waals surface area contributed by atoms with E-state index in [1.807, 2.05) is 49.3 Å². The molecule has 1 aromatic carbocycles. The largest absolute Gasteiger partial charge is 0.471 e. The van der Waals surface area contributed by atoms with Crippen molar-refractivity contribution < 1.29 is 19.1 Å². The molecule has 0 saturated carbocycles. The van der Waals surface area contributed by atoms with Crippen molar-refractivity contribution in [3.8, 4) is 5.88 Å². The highest BCUT2D eigenvalue weighted by molar-refractivity contribution is 5.82. The van der Waals surface area contributed by atoms with E-state index in [1.54, 1.807) is 17.3 Å². The first-order valence-electron chi connectivity index (χ1n) is 9.39. The van der Waals surface area contributed by atoms with Crippen molar-refractivity contribution in [3.63, 3.8) is 0 Å². The molecule has 9 nitrogen and oxygen atoms in total. The minimum Gasteiger partial charge on any atom is -0.471 e. The number of alkyl carbamates (subject to hydrolysis) is 1. The Morgan fingerprint density at radius 2 is 2.03 bits per heavy atom. The Hall–Kier alpha value is -3.36. The molecule has 0 bridgehead atoms. The van der Waals surface area contributed by atoms with Crippen molar-refractivity contribution in [1.29, 1.82) is 0 Å². The van der Waals surface area contributed by atoms with E-state index in [0.717, 1.165) is 5.56 Å². The zero-order valence-electron chi connectivity index (χ0n) is 16.6. The summed E-state index contributed by atoms with van der Waals surface area (Å²) in [6, 6.07) is 9.35. The van der Waals surface area contributed by atoms with Crippen LogP contribution < -0.4 is 15.0 Å². The average Bonchev–Trinajstić information content (AvgIpc) is 3.20. The van der Waals surface area contributed by atoms with Crippen molar-refractivity contribution in [2.45, 2.75) is 19.1 Å². The molecule has 1 atom stereocenters. The van der Waals surface area contributed by atoms with Crippen LogP contribution in [0.3, 0.4) is 0 Å². The number of benzene rings is 1. The van der Waals surface area contributed by atoms with E-state index in [-0.39, 0.29) is 25.2 Å². The van der Waals surface area contributed by atoms with Crippen LogP contribution in [0.1, 0.15) is 12.0 Å². The number of hydrogen-bond acceptors (Lipinski definition) is 7. The Labute approximate surface area is 169 Å². The van der Waals surface area contributed by atoms with Gasteiger partial charge in [-0.3, -0.25) is 9.78 Å². The van der Waals surface area contributed by atoms with Gasteiger partial charge in [-0.1, -0.05) is 30.3 Å². The van der Waals surface area contributed by atoms with Gasteiger partial charge in [0.1, 0.15) is 19.3 Å². The molecular weight excluding hydrogens is 374 g/mol. The summed E-state index contributed by atoms with van der Waals surface area (Å²) in [7, 11) is 3.75. The highest BCUT2D eigenvalue weighted by Gasteiger charge is 2.28. The first kappa shape index (κ1) is 20.4. The molecule has 1 aliphatic heterocycles. The lowest BCUT2D eigenvalue weighted by Gasteiger charge is -2.18. The van der Waals surface area contributed by atoms with E-state index < -0.39 is 6.09 Å². The predicted molar refractivity (Wildman–Crippen MR) is 107 cm³/mol. The molecule has 0 spiro atoms. The third kappa shape index (κ3) is 6.06. The number of likely N-dealkylation sites (tertiary alicyclic amines) is 1. The van der Waals surface area contributed by atoms with Crippen LogP contribution >= 0.6 is 0 Å². The topological polar surface area (TPSA) is 96.9 Å². The van der Waals surface area contributed by atoms with E-state index >= 15 is 0 Å². The first-order chi connectivity index (χ1) is 14.0. The number of hydrogen-bond donors (Lipinski definition) is 1. The minimum absolute atomic E-state index is 0.115. The summed E-state index contributed by atoms with van der Waals surface area (Å²) in [5, 5.41) is 2.49. The molecule has 1 saturated heterocycles. The molecule has 0 radical (unpaired) electrons. The molecule has 9 heteroatoms. The summed E-state index contributed by atoms with van der Waals surface area (Å²) in [5.41, 5.74) is 0.884. The Morgan fingerprint density at radius 3 is 2.79 bits per heavy atom. The molecular formula is C20H25N5O4. The van der Waals surface area contributed by atoms with Gasteiger partial charge in [-0.15, -0.1) is 0 Å². The second-order valence-electron chi connectivity index (χ2n) is 6.89. The lowest BCUT2D eigenvalue weighted by Crippen LogP contribution is -2.40. The van der Waals surface area contributed by atoms with Crippen molar-refractivity contribution in [2.24, 2.45) is 0 Å². The Kier molecular flexibility index (Phi) is 6.83. The van der Waals surface area contributed by atoms with Gasteiger partial charge in [0.2, 0.25) is 11.8 Å². The van der Waals surface area contributed by atoms with Crippen LogP contribution in [0.5, 0.6) is 5.88 Å². The maximum absolute atomic E-state index is 12.3. The van der Waals surface area contributed by atoms with Crippen molar-refractivity contribution in [1.82, 2.24) is 20.2 Å². The number of amides is 2. The highest BCUT2D eigenvalue weighted by Crippen LogP contribution is 2.18. The molecule has 1 N–H and O–H groups in total. The fourth-order valence-electron chi connectivity index (χ4n) is 2.87. The number of anilines is 1. The van der Waals surface area contributed by atoms with Gasteiger partial charge in [-0.2, -0.15) is 4.98 Å². The Morgan fingerprint density at radius 1 is 1.24 bits per heavy atom. The van der Waals surface area contributed by atoms with Crippen LogP contribution in [0.2, 0.25) is 0 Å². The molecule has 3 rings (SSSR count). The molecule has 1 unspecified atom stereocenters. The summed E-state index contributed by atoms with van der Waals surface area (Å²) >= 11 is 0. The summed E-state index contributed by atoms with van der Waals surface area (Å²) in [6.07, 6.45) is 3.13.